The Morgan fingerprint density at radius 1 is 0.517 bits per heavy atom. The highest BCUT2D eigenvalue weighted by Crippen LogP contribution is 2.43. The van der Waals surface area contributed by atoms with Crippen LogP contribution in [0.15, 0.2) is 24.3 Å². The van der Waals surface area contributed by atoms with Gasteiger partial charge >= 0.3 is 19.8 Å². The second-order valence-electron chi connectivity index (χ2n) is 16.1. The zero-order valence-electron chi connectivity index (χ0n) is 37.3. The molecule has 0 aliphatic rings. The van der Waals surface area contributed by atoms with Gasteiger partial charge in [-0.1, -0.05) is 192 Å². The maximum atomic E-state index is 12.6. The lowest BCUT2D eigenvalue weighted by atomic mass is 10.0. The molecule has 1 unspecified atom stereocenters. The van der Waals surface area contributed by atoms with Gasteiger partial charge in [0.05, 0.1) is 19.8 Å². The molecule has 0 spiro atoms. The number of hydrogen-bond donors (Lipinski definition) is 3. The van der Waals surface area contributed by atoms with Crippen LogP contribution in [0.5, 0.6) is 0 Å². The summed E-state index contributed by atoms with van der Waals surface area (Å²) in [5, 5.41) is 18.4. The quantitative estimate of drug-likeness (QED) is 0.0234. The highest BCUT2D eigenvalue weighted by molar-refractivity contribution is 7.47. The zero-order valence-corrected chi connectivity index (χ0v) is 38.2. The Kier molecular flexibility index (Phi) is 42.4. The van der Waals surface area contributed by atoms with E-state index in [2.05, 4.69) is 38.2 Å². The molecule has 0 aromatic heterocycles. The van der Waals surface area contributed by atoms with Gasteiger partial charge in [-0.05, 0) is 44.9 Å². The molecule has 0 saturated heterocycles. The summed E-state index contributed by atoms with van der Waals surface area (Å²) in [5.41, 5.74) is 0. The number of ether oxygens (including phenoxy) is 2. The number of rotatable bonds is 45. The van der Waals surface area contributed by atoms with Crippen molar-refractivity contribution in [3.05, 3.63) is 24.3 Å². The molecule has 10 nitrogen and oxygen atoms in total. The maximum Gasteiger partial charge on any atom is 0.472 e. The third-order valence-corrected chi connectivity index (χ3v) is 11.3. The number of aliphatic hydroxyl groups is 2. The van der Waals surface area contributed by atoms with Crippen LogP contribution >= 0.6 is 7.82 Å². The predicted molar refractivity (Wildman–Crippen MR) is 238 cm³/mol. The van der Waals surface area contributed by atoms with E-state index in [1.807, 2.05) is 0 Å². The number of allylic oxidation sites excluding steroid dienone is 4. The molecule has 0 heterocycles. The van der Waals surface area contributed by atoms with Gasteiger partial charge in [-0.2, -0.15) is 0 Å². The van der Waals surface area contributed by atoms with Crippen LogP contribution in [0.25, 0.3) is 0 Å². The van der Waals surface area contributed by atoms with Gasteiger partial charge in [-0.3, -0.25) is 18.6 Å². The van der Waals surface area contributed by atoms with Crippen molar-refractivity contribution in [2.45, 2.75) is 238 Å². The summed E-state index contributed by atoms with van der Waals surface area (Å²) in [6.45, 7) is 2.39. The fourth-order valence-electron chi connectivity index (χ4n) is 6.67. The first-order valence-corrected chi connectivity index (χ1v) is 25.3. The molecule has 11 heteroatoms. The summed E-state index contributed by atoms with van der Waals surface area (Å²) < 4.78 is 32.8. The van der Waals surface area contributed by atoms with Crippen molar-refractivity contribution in [3.8, 4) is 0 Å². The number of hydrogen-bond acceptors (Lipinski definition) is 9. The van der Waals surface area contributed by atoms with Gasteiger partial charge in [0.15, 0.2) is 6.10 Å². The molecule has 3 atom stereocenters. The molecule has 342 valence electrons. The van der Waals surface area contributed by atoms with Crippen LogP contribution in [0.1, 0.15) is 226 Å². The smallest absolute Gasteiger partial charge is 0.462 e. The first-order chi connectivity index (χ1) is 28.2. The van der Waals surface area contributed by atoms with Crippen LogP contribution in [-0.2, 0) is 32.7 Å². The molecule has 0 amide bonds. The van der Waals surface area contributed by atoms with E-state index in [1.165, 1.54) is 135 Å². The van der Waals surface area contributed by atoms with Crippen LogP contribution < -0.4 is 0 Å². The lowest BCUT2D eigenvalue weighted by Gasteiger charge is -2.20. The highest BCUT2D eigenvalue weighted by atomic mass is 31.2. The van der Waals surface area contributed by atoms with E-state index < -0.39 is 51.8 Å². The van der Waals surface area contributed by atoms with Crippen molar-refractivity contribution in [1.82, 2.24) is 0 Å². The number of unbranched alkanes of at least 4 members (excludes halogenated alkanes) is 27. The lowest BCUT2D eigenvalue weighted by molar-refractivity contribution is -0.161. The topological polar surface area (TPSA) is 149 Å². The summed E-state index contributed by atoms with van der Waals surface area (Å²) in [7, 11) is -4.62. The first kappa shape index (κ1) is 56.5. The average molecular weight is 845 g/mol. The highest BCUT2D eigenvalue weighted by Gasteiger charge is 2.27. The molecule has 3 N–H and O–H groups in total. The standard InChI is InChI=1S/C47H89O10P/c1-3-5-7-9-11-13-15-17-19-21-22-23-25-26-28-30-32-34-36-38-46(50)54-42-45(43-56-58(52,53)55-41-44(49)40-48)57-47(51)39-37-35-33-31-29-27-24-20-18-16-14-12-10-8-6-4-2/h11,13,17,19,44-45,48-49H,3-10,12,14-16,18,20-43H2,1-2H3,(H,52,53)/b13-11-,19-17-/t44-,45+/m0/s1. The molecule has 0 aliphatic carbocycles. The van der Waals surface area contributed by atoms with Gasteiger partial charge in [-0.25, -0.2) is 4.57 Å². The van der Waals surface area contributed by atoms with E-state index in [1.54, 1.807) is 0 Å². The van der Waals surface area contributed by atoms with Gasteiger partial charge < -0.3 is 24.6 Å². The summed E-state index contributed by atoms with van der Waals surface area (Å²) in [4.78, 5) is 35.1. The summed E-state index contributed by atoms with van der Waals surface area (Å²) in [6.07, 6.45) is 44.2. The van der Waals surface area contributed by atoms with E-state index in [-0.39, 0.29) is 19.4 Å². The van der Waals surface area contributed by atoms with Crippen molar-refractivity contribution in [3.63, 3.8) is 0 Å². The van der Waals surface area contributed by atoms with Crippen molar-refractivity contribution < 1.29 is 47.8 Å². The van der Waals surface area contributed by atoms with Gasteiger partial charge in [0.2, 0.25) is 0 Å². The lowest BCUT2D eigenvalue weighted by Crippen LogP contribution is -2.29. The summed E-state index contributed by atoms with van der Waals surface area (Å²) >= 11 is 0. The first-order valence-electron chi connectivity index (χ1n) is 23.8. The fourth-order valence-corrected chi connectivity index (χ4v) is 7.46. The zero-order chi connectivity index (χ0) is 42.6. The van der Waals surface area contributed by atoms with E-state index >= 15 is 0 Å². The van der Waals surface area contributed by atoms with Crippen LogP contribution in [0, 0.1) is 0 Å². The third kappa shape index (κ3) is 42.6. The van der Waals surface area contributed by atoms with Gasteiger partial charge in [0, 0.05) is 12.8 Å². The van der Waals surface area contributed by atoms with E-state index in [4.69, 9.17) is 23.6 Å². The number of carbonyl (C=O) groups excluding carboxylic acids is 2. The second-order valence-corrected chi connectivity index (χ2v) is 17.6. The van der Waals surface area contributed by atoms with Gasteiger partial charge in [0.25, 0.3) is 0 Å². The molecular formula is C47H89O10P. The Morgan fingerprint density at radius 3 is 1.36 bits per heavy atom. The molecule has 0 aliphatic heterocycles. The Morgan fingerprint density at radius 2 is 0.897 bits per heavy atom. The fraction of sp³-hybridized carbons (Fsp3) is 0.872. The predicted octanol–water partition coefficient (Wildman–Crippen LogP) is 13.0. The molecule has 0 fully saturated rings. The Balaban J connectivity index is 4.21. The van der Waals surface area contributed by atoms with Gasteiger partial charge in [0.1, 0.15) is 12.7 Å². The number of carbonyl (C=O) groups is 2. The van der Waals surface area contributed by atoms with Crippen LogP contribution in [0.4, 0.5) is 0 Å². The minimum Gasteiger partial charge on any atom is -0.462 e. The second kappa shape index (κ2) is 43.5. The molecule has 0 aromatic rings. The Labute approximate surface area is 355 Å². The minimum atomic E-state index is -4.62. The molecule has 0 bridgehead atoms. The number of esters is 2. The summed E-state index contributed by atoms with van der Waals surface area (Å²) in [5.74, 6) is -0.918. The third-order valence-electron chi connectivity index (χ3n) is 10.4. The monoisotopic (exact) mass is 845 g/mol. The van der Waals surface area contributed by atoms with Crippen LogP contribution in [0.2, 0.25) is 0 Å². The molecule has 0 rings (SSSR count). The molecule has 0 aromatic carbocycles. The summed E-state index contributed by atoms with van der Waals surface area (Å²) in [6, 6.07) is 0. The Bertz CT molecular complexity index is 1020. The van der Waals surface area contributed by atoms with Crippen molar-refractivity contribution >= 4 is 19.8 Å². The molecule has 58 heavy (non-hydrogen) atoms. The normalized spacial score (nSPS) is 13.9. The number of phosphoric acid groups is 1. The van der Waals surface area contributed by atoms with E-state index in [0.29, 0.717) is 12.8 Å². The van der Waals surface area contributed by atoms with Gasteiger partial charge in [-0.15, -0.1) is 0 Å². The van der Waals surface area contributed by atoms with Crippen molar-refractivity contribution in [1.29, 1.82) is 0 Å². The molecular weight excluding hydrogens is 755 g/mol. The maximum absolute atomic E-state index is 12.6. The molecule has 0 radical (unpaired) electrons. The van der Waals surface area contributed by atoms with Crippen molar-refractivity contribution in [2.24, 2.45) is 0 Å². The SMILES string of the molecule is CCCCC/C=C\C/C=C\CCCCCCCCCCCC(=O)OC[C@H](COP(=O)(O)OC[C@@H](O)CO)OC(=O)CCCCCCCCCCCCCCCCCC. The van der Waals surface area contributed by atoms with Crippen LogP contribution in [-0.4, -0.2) is 65.7 Å². The number of aliphatic hydroxyl groups excluding tert-OH is 2. The van der Waals surface area contributed by atoms with E-state index in [0.717, 1.165) is 51.4 Å². The minimum absolute atomic E-state index is 0.188. The van der Waals surface area contributed by atoms with Crippen LogP contribution in [0.3, 0.4) is 0 Å². The molecule has 0 saturated carbocycles. The largest absolute Gasteiger partial charge is 0.472 e. The van der Waals surface area contributed by atoms with E-state index in [9.17, 15) is 24.2 Å². The Hall–Kier alpha value is -1.55. The van der Waals surface area contributed by atoms with Crippen molar-refractivity contribution in [2.75, 3.05) is 26.4 Å². The average Bonchev–Trinajstić information content (AvgIpc) is 3.21. The number of phosphoric ester groups is 1.